The molecule has 0 aliphatic heterocycles. The lowest BCUT2D eigenvalue weighted by Gasteiger charge is -2.15. The molecule has 9 heteroatoms. The molecule has 0 radical (unpaired) electrons. The van der Waals surface area contributed by atoms with Gasteiger partial charge in [0.25, 0.3) is 10.0 Å². The van der Waals surface area contributed by atoms with Crippen LogP contribution in [0.2, 0.25) is 4.34 Å². The summed E-state index contributed by atoms with van der Waals surface area (Å²) in [7, 11) is -1.95. The quantitative estimate of drug-likeness (QED) is 0.631. The third-order valence-electron chi connectivity index (χ3n) is 3.90. The van der Waals surface area contributed by atoms with Crippen LogP contribution in [0.4, 0.5) is 4.39 Å². The Bertz CT molecular complexity index is 984. The molecule has 3 aromatic rings. The smallest absolute Gasteiger partial charge is 0.252 e. The van der Waals surface area contributed by atoms with Crippen LogP contribution in [0.15, 0.2) is 46.7 Å². The Hall–Kier alpha value is -1.74. The average molecular weight is 414 g/mol. The normalized spacial score (nSPS) is 12.0. The monoisotopic (exact) mass is 413 g/mol. The van der Waals surface area contributed by atoms with E-state index < -0.39 is 10.0 Å². The molecular formula is C17H17ClFN3O2S2. The largest absolute Gasteiger partial charge is 0.282 e. The van der Waals surface area contributed by atoms with Gasteiger partial charge in [0.05, 0.1) is 10.0 Å². The van der Waals surface area contributed by atoms with E-state index in [-0.39, 0.29) is 10.0 Å². The predicted octanol–water partition coefficient (Wildman–Crippen LogP) is 4.18. The van der Waals surface area contributed by atoms with E-state index >= 15 is 0 Å². The molecule has 0 atom stereocenters. The lowest BCUT2D eigenvalue weighted by Crippen LogP contribution is -2.27. The second kappa shape index (κ2) is 7.87. The van der Waals surface area contributed by atoms with Crippen LogP contribution in [0.1, 0.15) is 12.1 Å². The highest BCUT2D eigenvalue weighted by atomic mass is 35.5. The third-order valence-corrected chi connectivity index (χ3v) is 7.46. The first kappa shape index (κ1) is 19.0. The van der Waals surface area contributed by atoms with Crippen LogP contribution in [0, 0.1) is 5.82 Å². The zero-order chi connectivity index (χ0) is 18.7. The van der Waals surface area contributed by atoms with Crippen molar-refractivity contribution in [2.45, 2.75) is 17.1 Å². The van der Waals surface area contributed by atoms with Crippen LogP contribution >= 0.6 is 22.9 Å². The van der Waals surface area contributed by atoms with Crippen molar-refractivity contribution in [3.05, 3.63) is 58.3 Å². The van der Waals surface area contributed by atoms with Gasteiger partial charge in [-0.05, 0) is 55.3 Å². The number of aromatic nitrogens is 2. The minimum atomic E-state index is -3.51. The van der Waals surface area contributed by atoms with Crippen molar-refractivity contribution in [1.29, 1.82) is 0 Å². The number of rotatable bonds is 7. The molecule has 0 fully saturated rings. The van der Waals surface area contributed by atoms with Crippen LogP contribution in [-0.4, -0.2) is 36.5 Å². The molecule has 0 aliphatic carbocycles. The molecule has 138 valence electrons. The molecule has 2 aromatic heterocycles. The van der Waals surface area contributed by atoms with Gasteiger partial charge in [-0.2, -0.15) is 5.10 Å². The van der Waals surface area contributed by atoms with Gasteiger partial charge in [0, 0.05) is 24.8 Å². The number of sulfonamides is 1. The lowest BCUT2D eigenvalue weighted by atomic mass is 10.1. The summed E-state index contributed by atoms with van der Waals surface area (Å²) in [5.74, 6) is -0.291. The first-order chi connectivity index (χ1) is 12.4. The van der Waals surface area contributed by atoms with E-state index in [1.807, 2.05) is 6.07 Å². The number of hydrogen-bond acceptors (Lipinski definition) is 4. The first-order valence-electron chi connectivity index (χ1n) is 7.88. The highest BCUT2D eigenvalue weighted by Gasteiger charge is 2.22. The summed E-state index contributed by atoms with van der Waals surface area (Å²) < 4.78 is 39.9. The highest BCUT2D eigenvalue weighted by Crippen LogP contribution is 2.27. The maximum absolute atomic E-state index is 13.0. The van der Waals surface area contributed by atoms with Gasteiger partial charge in [-0.3, -0.25) is 5.10 Å². The Morgan fingerprint density at radius 2 is 1.96 bits per heavy atom. The number of aryl methyl sites for hydroxylation is 1. The first-order valence-corrected chi connectivity index (χ1v) is 10.5. The van der Waals surface area contributed by atoms with Gasteiger partial charge < -0.3 is 0 Å². The molecule has 1 aromatic carbocycles. The molecule has 0 saturated carbocycles. The van der Waals surface area contributed by atoms with E-state index in [0.717, 1.165) is 28.3 Å². The van der Waals surface area contributed by atoms with Crippen LogP contribution < -0.4 is 0 Å². The van der Waals surface area contributed by atoms with E-state index in [9.17, 15) is 12.8 Å². The number of benzene rings is 1. The van der Waals surface area contributed by atoms with Gasteiger partial charge in [-0.25, -0.2) is 17.1 Å². The number of halogens is 2. The SMILES string of the molecule is CN(CCCc1cc(-c2ccc(F)cc2)n[nH]1)S(=O)(=O)c1ccc(Cl)s1. The summed E-state index contributed by atoms with van der Waals surface area (Å²) in [5, 5.41) is 7.16. The summed E-state index contributed by atoms with van der Waals surface area (Å²) in [6.45, 7) is 0.378. The molecule has 0 aliphatic rings. The minimum Gasteiger partial charge on any atom is -0.282 e. The molecule has 3 rings (SSSR count). The highest BCUT2D eigenvalue weighted by molar-refractivity contribution is 7.91. The third kappa shape index (κ3) is 4.32. The lowest BCUT2D eigenvalue weighted by molar-refractivity contribution is 0.462. The molecule has 0 amide bonds. The fraction of sp³-hybridized carbons (Fsp3) is 0.235. The van der Waals surface area contributed by atoms with Gasteiger partial charge in [0.15, 0.2) is 0 Å². The molecular weight excluding hydrogens is 397 g/mol. The van der Waals surface area contributed by atoms with Crippen molar-refractivity contribution in [3.63, 3.8) is 0 Å². The molecule has 0 bridgehead atoms. The van der Waals surface area contributed by atoms with Crippen molar-refractivity contribution < 1.29 is 12.8 Å². The number of hydrogen-bond donors (Lipinski definition) is 1. The molecule has 26 heavy (non-hydrogen) atoms. The van der Waals surface area contributed by atoms with Crippen LogP contribution in [0.5, 0.6) is 0 Å². The Morgan fingerprint density at radius 1 is 1.23 bits per heavy atom. The van der Waals surface area contributed by atoms with E-state index in [4.69, 9.17) is 11.6 Å². The van der Waals surface area contributed by atoms with Crippen LogP contribution in [0.25, 0.3) is 11.3 Å². The fourth-order valence-corrected chi connectivity index (χ4v) is 5.36. The van der Waals surface area contributed by atoms with Gasteiger partial charge in [-0.1, -0.05) is 11.6 Å². The van der Waals surface area contributed by atoms with Crippen LogP contribution in [-0.2, 0) is 16.4 Å². The number of H-pyrrole nitrogens is 1. The zero-order valence-electron chi connectivity index (χ0n) is 13.9. The fourth-order valence-electron chi connectivity index (χ4n) is 2.46. The number of aromatic amines is 1. The Balaban J connectivity index is 1.57. The van der Waals surface area contributed by atoms with Gasteiger partial charge in [0.2, 0.25) is 0 Å². The second-order valence-corrected chi connectivity index (χ2v) is 9.76. The van der Waals surface area contributed by atoms with E-state index in [1.54, 1.807) is 25.2 Å². The van der Waals surface area contributed by atoms with Gasteiger partial charge >= 0.3 is 0 Å². The van der Waals surface area contributed by atoms with E-state index in [2.05, 4.69) is 10.2 Å². The molecule has 1 N–H and O–H groups in total. The Morgan fingerprint density at radius 3 is 2.62 bits per heavy atom. The van der Waals surface area contributed by atoms with Crippen LogP contribution in [0.3, 0.4) is 0 Å². The maximum Gasteiger partial charge on any atom is 0.252 e. The Kier molecular flexibility index (Phi) is 5.76. The van der Waals surface area contributed by atoms with Gasteiger partial charge in [0.1, 0.15) is 10.0 Å². The average Bonchev–Trinajstić information content (AvgIpc) is 3.25. The number of nitrogens with zero attached hydrogens (tertiary/aromatic N) is 2. The number of nitrogens with one attached hydrogen (secondary N) is 1. The topological polar surface area (TPSA) is 66.1 Å². The van der Waals surface area contributed by atoms with E-state index in [1.165, 1.54) is 22.5 Å². The minimum absolute atomic E-state index is 0.241. The molecule has 0 saturated heterocycles. The predicted molar refractivity (Wildman–Crippen MR) is 101 cm³/mol. The van der Waals surface area contributed by atoms with Gasteiger partial charge in [-0.15, -0.1) is 11.3 Å². The van der Waals surface area contributed by atoms with Crippen molar-refractivity contribution >= 4 is 33.0 Å². The summed E-state index contributed by atoms with van der Waals surface area (Å²) >= 11 is 6.87. The maximum atomic E-state index is 13.0. The molecule has 0 unspecified atom stereocenters. The van der Waals surface area contributed by atoms with E-state index in [0.29, 0.717) is 23.7 Å². The van der Waals surface area contributed by atoms with Crippen molar-refractivity contribution in [1.82, 2.24) is 14.5 Å². The zero-order valence-corrected chi connectivity index (χ0v) is 16.3. The summed E-state index contributed by atoms with van der Waals surface area (Å²) in [6, 6.07) is 11.1. The summed E-state index contributed by atoms with van der Waals surface area (Å²) in [4.78, 5) is 0. The van der Waals surface area contributed by atoms with Crippen molar-refractivity contribution in [2.75, 3.05) is 13.6 Å². The number of thiophene rings is 1. The molecule has 0 spiro atoms. The second-order valence-electron chi connectivity index (χ2n) is 5.77. The summed E-state index contributed by atoms with van der Waals surface area (Å²) in [6.07, 6.45) is 1.29. The summed E-state index contributed by atoms with van der Waals surface area (Å²) in [5.41, 5.74) is 2.45. The Labute approximate surface area is 160 Å². The van der Waals surface area contributed by atoms with Crippen molar-refractivity contribution in [3.8, 4) is 11.3 Å². The molecule has 2 heterocycles. The standard InChI is InChI=1S/C17H17ClFN3O2S2/c1-22(26(23,24)17-9-8-16(18)25-17)10-2-3-14-11-15(21-20-14)12-4-6-13(19)7-5-12/h4-9,11H,2-3,10H2,1H3,(H,20,21). The molecule has 5 nitrogen and oxygen atoms in total. The van der Waals surface area contributed by atoms with Crippen molar-refractivity contribution in [2.24, 2.45) is 0 Å².